The first-order valence-electron chi connectivity index (χ1n) is 8.95. The SMILES string of the molecule is O=C(O)C[C@@H]1Sc2nc3c(n2[C@@]1(O)c1ccccc1)-c1ccccc1CC3. The van der Waals surface area contributed by atoms with Gasteiger partial charge in [0.25, 0.3) is 0 Å². The molecule has 2 atom stereocenters. The third-order valence-corrected chi connectivity index (χ3v) is 6.68. The van der Waals surface area contributed by atoms with Gasteiger partial charge in [-0.05, 0) is 18.4 Å². The Morgan fingerprint density at radius 1 is 1.15 bits per heavy atom. The average molecular weight is 378 g/mol. The molecule has 3 aromatic rings. The van der Waals surface area contributed by atoms with E-state index >= 15 is 0 Å². The van der Waals surface area contributed by atoms with E-state index in [9.17, 15) is 15.0 Å². The molecule has 27 heavy (non-hydrogen) atoms. The van der Waals surface area contributed by atoms with Crippen molar-refractivity contribution in [2.24, 2.45) is 0 Å². The molecule has 0 saturated carbocycles. The van der Waals surface area contributed by atoms with Crippen LogP contribution in [-0.4, -0.2) is 31.0 Å². The standard InChI is InChI=1S/C21H18N2O3S/c24-18(25)12-17-21(26,14-7-2-1-3-8-14)23-19-15-9-5-4-6-13(15)10-11-16(19)22-20(23)27-17/h1-9,17,26H,10-12H2,(H,24,25)/t17-,21+/m0/s1. The number of aliphatic carboxylic acids is 1. The number of hydrogen-bond acceptors (Lipinski definition) is 4. The zero-order valence-electron chi connectivity index (χ0n) is 14.5. The molecule has 2 N–H and O–H groups in total. The highest BCUT2D eigenvalue weighted by Gasteiger charge is 2.51. The van der Waals surface area contributed by atoms with Crippen LogP contribution < -0.4 is 0 Å². The zero-order chi connectivity index (χ0) is 18.6. The summed E-state index contributed by atoms with van der Waals surface area (Å²) in [5.74, 6) is -0.929. The summed E-state index contributed by atoms with van der Waals surface area (Å²) in [5, 5.41) is 21.5. The van der Waals surface area contributed by atoms with Crippen molar-refractivity contribution < 1.29 is 15.0 Å². The first-order chi connectivity index (χ1) is 13.1. The summed E-state index contributed by atoms with van der Waals surface area (Å²) in [5.41, 5.74) is 3.42. The lowest BCUT2D eigenvalue weighted by Crippen LogP contribution is -2.42. The predicted octanol–water partition coefficient (Wildman–Crippen LogP) is 3.29. The number of nitrogens with zero attached hydrogens (tertiary/aromatic N) is 2. The molecular weight excluding hydrogens is 360 g/mol. The topological polar surface area (TPSA) is 75.3 Å². The van der Waals surface area contributed by atoms with E-state index in [2.05, 4.69) is 12.1 Å². The van der Waals surface area contributed by atoms with Crippen molar-refractivity contribution in [1.29, 1.82) is 0 Å². The van der Waals surface area contributed by atoms with Gasteiger partial charge in [-0.3, -0.25) is 9.36 Å². The highest BCUT2D eigenvalue weighted by Crippen LogP contribution is 2.52. The summed E-state index contributed by atoms with van der Waals surface area (Å²) < 4.78 is 1.87. The van der Waals surface area contributed by atoms with Crippen LogP contribution in [-0.2, 0) is 23.4 Å². The monoisotopic (exact) mass is 378 g/mol. The fourth-order valence-electron chi connectivity index (χ4n) is 4.21. The van der Waals surface area contributed by atoms with Gasteiger partial charge in [0.2, 0.25) is 0 Å². The molecule has 2 aliphatic rings. The largest absolute Gasteiger partial charge is 0.481 e. The average Bonchev–Trinajstić information content (AvgIpc) is 3.17. The molecule has 1 aliphatic heterocycles. The summed E-state index contributed by atoms with van der Waals surface area (Å²) in [6, 6.07) is 17.5. The van der Waals surface area contributed by atoms with Crippen LogP contribution in [0.4, 0.5) is 0 Å². The molecule has 2 aromatic carbocycles. The second kappa shape index (κ2) is 5.97. The molecule has 5 rings (SSSR count). The second-order valence-electron chi connectivity index (χ2n) is 6.98. The highest BCUT2D eigenvalue weighted by atomic mass is 32.2. The number of fused-ring (bicyclic) bond motifs is 5. The van der Waals surface area contributed by atoms with E-state index < -0.39 is 16.9 Å². The molecule has 5 nitrogen and oxygen atoms in total. The van der Waals surface area contributed by atoms with Crippen molar-refractivity contribution >= 4 is 17.7 Å². The third kappa shape index (κ3) is 2.37. The van der Waals surface area contributed by atoms with Gasteiger partial charge in [0, 0.05) is 11.1 Å². The maximum Gasteiger partial charge on any atom is 0.304 e. The number of rotatable bonds is 3. The Kier molecular flexibility index (Phi) is 3.67. The Morgan fingerprint density at radius 2 is 1.89 bits per heavy atom. The van der Waals surface area contributed by atoms with E-state index in [0.29, 0.717) is 10.7 Å². The van der Waals surface area contributed by atoms with Gasteiger partial charge in [0.05, 0.1) is 23.1 Å². The minimum absolute atomic E-state index is 0.143. The van der Waals surface area contributed by atoms with Crippen molar-refractivity contribution in [3.8, 4) is 11.3 Å². The van der Waals surface area contributed by atoms with Gasteiger partial charge in [-0.2, -0.15) is 0 Å². The van der Waals surface area contributed by atoms with Crippen molar-refractivity contribution in [3.63, 3.8) is 0 Å². The first-order valence-corrected chi connectivity index (χ1v) is 9.83. The van der Waals surface area contributed by atoms with Crippen molar-refractivity contribution in [2.45, 2.75) is 35.4 Å². The van der Waals surface area contributed by atoms with Crippen LogP contribution in [0.1, 0.15) is 23.2 Å². The predicted molar refractivity (Wildman–Crippen MR) is 103 cm³/mol. The minimum Gasteiger partial charge on any atom is -0.481 e. The summed E-state index contributed by atoms with van der Waals surface area (Å²) in [6.07, 6.45) is 1.60. The number of aliphatic hydroxyl groups is 1. The number of carboxylic acid groups (broad SMARTS) is 1. The number of aryl methyl sites for hydroxylation is 2. The van der Waals surface area contributed by atoms with Crippen LogP contribution in [0.25, 0.3) is 11.3 Å². The van der Waals surface area contributed by atoms with Gasteiger partial charge in [0.15, 0.2) is 10.9 Å². The van der Waals surface area contributed by atoms with Gasteiger partial charge < -0.3 is 10.2 Å². The van der Waals surface area contributed by atoms with E-state index in [-0.39, 0.29) is 6.42 Å². The molecule has 0 saturated heterocycles. The van der Waals surface area contributed by atoms with Crippen molar-refractivity contribution in [2.75, 3.05) is 0 Å². The van der Waals surface area contributed by atoms with E-state index in [1.54, 1.807) is 0 Å². The summed E-state index contributed by atoms with van der Waals surface area (Å²) in [7, 11) is 0. The molecule has 0 bridgehead atoms. The molecular formula is C21H18N2O3S. The van der Waals surface area contributed by atoms with Gasteiger partial charge in [-0.25, -0.2) is 4.98 Å². The molecule has 0 radical (unpaired) electrons. The fraction of sp³-hybridized carbons (Fsp3) is 0.238. The molecule has 6 heteroatoms. The maximum absolute atomic E-state index is 11.9. The van der Waals surface area contributed by atoms with Gasteiger partial charge in [-0.1, -0.05) is 66.4 Å². The van der Waals surface area contributed by atoms with Gasteiger partial charge >= 0.3 is 5.97 Å². The number of imidazole rings is 1. The summed E-state index contributed by atoms with van der Waals surface area (Å²) >= 11 is 1.36. The molecule has 2 heterocycles. The molecule has 0 fully saturated rings. The third-order valence-electron chi connectivity index (χ3n) is 5.42. The minimum atomic E-state index is -1.45. The highest BCUT2D eigenvalue weighted by molar-refractivity contribution is 8.00. The smallest absolute Gasteiger partial charge is 0.304 e. The Morgan fingerprint density at radius 3 is 2.67 bits per heavy atom. The Balaban J connectivity index is 1.77. The number of aromatic nitrogens is 2. The van der Waals surface area contributed by atoms with E-state index in [4.69, 9.17) is 4.98 Å². The van der Waals surface area contributed by atoms with Crippen LogP contribution >= 0.6 is 11.8 Å². The van der Waals surface area contributed by atoms with Crippen LogP contribution in [0.3, 0.4) is 0 Å². The van der Waals surface area contributed by atoms with Crippen LogP contribution in [0.5, 0.6) is 0 Å². The van der Waals surface area contributed by atoms with Crippen molar-refractivity contribution in [3.05, 3.63) is 71.4 Å². The lowest BCUT2D eigenvalue weighted by molar-refractivity contribution is -0.138. The second-order valence-corrected chi connectivity index (χ2v) is 8.15. The number of thioether (sulfide) groups is 1. The quantitative estimate of drug-likeness (QED) is 0.731. The van der Waals surface area contributed by atoms with E-state index in [1.165, 1.54) is 17.3 Å². The lowest BCUT2D eigenvalue weighted by Gasteiger charge is -2.33. The molecule has 0 unspecified atom stereocenters. The first kappa shape index (κ1) is 16.6. The number of hydrogen-bond donors (Lipinski definition) is 2. The maximum atomic E-state index is 11.9. The Hall–Kier alpha value is -2.57. The molecule has 0 amide bonds. The normalized spacial score (nSPS) is 22.8. The van der Waals surface area contributed by atoms with E-state index in [0.717, 1.165) is 29.8 Å². The lowest BCUT2D eigenvalue weighted by atomic mass is 9.90. The van der Waals surface area contributed by atoms with Crippen molar-refractivity contribution in [1.82, 2.24) is 9.55 Å². The molecule has 136 valence electrons. The Labute approximate surface area is 160 Å². The summed E-state index contributed by atoms with van der Waals surface area (Å²) in [6.45, 7) is 0. The van der Waals surface area contributed by atoms with Gasteiger partial charge in [0.1, 0.15) is 0 Å². The zero-order valence-corrected chi connectivity index (χ0v) is 15.3. The van der Waals surface area contributed by atoms with Crippen LogP contribution in [0, 0.1) is 0 Å². The van der Waals surface area contributed by atoms with Gasteiger partial charge in [-0.15, -0.1) is 0 Å². The van der Waals surface area contributed by atoms with Crippen LogP contribution in [0.15, 0.2) is 59.8 Å². The number of benzene rings is 2. The Bertz CT molecular complexity index is 1050. The number of carbonyl (C=O) groups is 1. The van der Waals surface area contributed by atoms with Crippen LogP contribution in [0.2, 0.25) is 0 Å². The number of carboxylic acids is 1. The summed E-state index contributed by atoms with van der Waals surface area (Å²) in [4.78, 5) is 16.3. The van der Waals surface area contributed by atoms with E-state index in [1.807, 2.05) is 47.0 Å². The fourth-order valence-corrected chi connectivity index (χ4v) is 5.59. The molecule has 1 aromatic heterocycles. The molecule has 1 aliphatic carbocycles. The molecule has 0 spiro atoms.